The van der Waals surface area contributed by atoms with E-state index < -0.39 is 10.7 Å². The molecule has 1 fully saturated rings. The van der Waals surface area contributed by atoms with Gasteiger partial charge in [0.15, 0.2) is 4.38 Å². The normalized spacial score (nSPS) is 26.2. The average molecular weight is 556 g/mol. The van der Waals surface area contributed by atoms with E-state index in [1.807, 2.05) is 12.2 Å². The lowest BCUT2D eigenvalue weighted by Crippen LogP contribution is -2.48. The van der Waals surface area contributed by atoms with Crippen LogP contribution in [0.3, 0.4) is 0 Å². The van der Waals surface area contributed by atoms with Crippen LogP contribution in [-0.2, 0) is 14.3 Å². The number of halogens is 2. The van der Waals surface area contributed by atoms with Crippen LogP contribution in [0.25, 0.3) is 0 Å². The Hall–Kier alpha value is -0.560. The first kappa shape index (κ1) is 27.0. The van der Waals surface area contributed by atoms with Crippen molar-refractivity contribution in [2.45, 2.75) is 35.8 Å². The summed E-state index contributed by atoms with van der Waals surface area (Å²) in [6, 6.07) is 0. The highest BCUT2D eigenvalue weighted by Gasteiger charge is 2.33. The van der Waals surface area contributed by atoms with E-state index >= 15 is 0 Å². The Bertz CT molecular complexity index is 840. The number of carbonyl (C=O) groups is 2. The van der Waals surface area contributed by atoms with Crippen molar-refractivity contribution in [2.75, 3.05) is 38.5 Å². The van der Waals surface area contributed by atoms with Crippen molar-refractivity contribution < 1.29 is 19.4 Å². The Morgan fingerprint density at radius 3 is 2.94 bits per heavy atom. The topological polar surface area (TPSA) is 103 Å². The zero-order chi connectivity index (χ0) is 24.0. The van der Waals surface area contributed by atoms with Gasteiger partial charge in [-0.25, -0.2) is 0 Å². The number of nitrogens with one attached hydrogen (secondary N) is 2. The molecule has 1 amide bonds. The van der Waals surface area contributed by atoms with E-state index in [2.05, 4.69) is 20.7 Å². The Kier molecular flexibility index (Phi) is 10.2. The number of carboxylic acid groups (broad SMARTS) is 1. The van der Waals surface area contributed by atoms with Crippen molar-refractivity contribution in [3.8, 4) is 0 Å². The third-order valence-corrected chi connectivity index (χ3v) is 9.57. The summed E-state index contributed by atoms with van der Waals surface area (Å²) in [5.41, 5.74) is 2.94. The second kappa shape index (κ2) is 12.4. The smallest absolute Gasteiger partial charge is 0.319 e. The van der Waals surface area contributed by atoms with Gasteiger partial charge >= 0.3 is 5.97 Å². The van der Waals surface area contributed by atoms with Crippen molar-refractivity contribution in [1.29, 1.82) is 0 Å². The molecule has 0 spiro atoms. The van der Waals surface area contributed by atoms with Crippen molar-refractivity contribution in [3.63, 3.8) is 0 Å². The molecule has 13 heteroatoms. The van der Waals surface area contributed by atoms with E-state index in [1.54, 1.807) is 13.8 Å². The van der Waals surface area contributed by atoms with Crippen LogP contribution in [0.2, 0.25) is 0 Å². The molecular weight excluding hydrogens is 527 g/mol. The predicted octanol–water partition coefficient (Wildman–Crippen LogP) is 3.29. The van der Waals surface area contributed by atoms with Crippen LogP contribution in [0, 0.1) is 5.92 Å². The van der Waals surface area contributed by atoms with Gasteiger partial charge in [0.1, 0.15) is 9.45 Å². The summed E-state index contributed by atoms with van der Waals surface area (Å²) < 4.78 is 5.40. The molecule has 2 heterocycles. The Balaban J connectivity index is 1.32. The molecule has 0 saturated carbocycles. The predicted molar refractivity (Wildman–Crippen MR) is 139 cm³/mol. The first-order valence-electron chi connectivity index (χ1n) is 10.5. The lowest BCUT2D eigenvalue weighted by molar-refractivity contribution is -0.138. The number of hydrogen-bond acceptors (Lipinski definition) is 9. The number of nitrogens with zero attached hydrogens (tertiary/aromatic N) is 2. The lowest BCUT2D eigenvalue weighted by Gasteiger charge is -2.35. The minimum atomic E-state index is -0.957. The van der Waals surface area contributed by atoms with Crippen LogP contribution in [0.1, 0.15) is 20.3 Å². The highest BCUT2D eigenvalue weighted by molar-refractivity contribution is 8.42. The Morgan fingerprint density at radius 1 is 1.42 bits per heavy atom. The van der Waals surface area contributed by atoms with E-state index in [0.717, 1.165) is 26.1 Å². The van der Waals surface area contributed by atoms with Gasteiger partial charge in [-0.1, -0.05) is 58.9 Å². The molecule has 2 aliphatic heterocycles. The Morgan fingerprint density at radius 2 is 2.21 bits per heavy atom. The minimum absolute atomic E-state index is 0.0570. The molecule has 0 radical (unpaired) electrons. The average Bonchev–Trinajstić information content (AvgIpc) is 3.20. The van der Waals surface area contributed by atoms with Crippen molar-refractivity contribution >= 4 is 74.7 Å². The molecule has 3 atom stereocenters. The maximum atomic E-state index is 12.3. The van der Waals surface area contributed by atoms with Gasteiger partial charge < -0.3 is 15.2 Å². The fourth-order valence-electron chi connectivity index (χ4n) is 3.30. The number of aliphatic carboxylic acids is 1. The minimum Gasteiger partial charge on any atom is -0.480 e. The summed E-state index contributed by atoms with van der Waals surface area (Å²) in [5.74, 6) is -0.366. The first-order chi connectivity index (χ1) is 15.6. The molecule has 0 aromatic heterocycles. The summed E-state index contributed by atoms with van der Waals surface area (Å²) in [6.07, 6.45) is 4.79. The first-order valence-corrected chi connectivity index (χ1v) is 14.0. The van der Waals surface area contributed by atoms with Gasteiger partial charge in [-0.15, -0.1) is 11.8 Å². The van der Waals surface area contributed by atoms with E-state index in [4.69, 9.17) is 27.9 Å². The number of carboxylic acids is 1. The van der Waals surface area contributed by atoms with E-state index in [-0.39, 0.29) is 22.5 Å². The van der Waals surface area contributed by atoms with Gasteiger partial charge in [0.2, 0.25) is 5.91 Å². The van der Waals surface area contributed by atoms with Gasteiger partial charge in [-0.3, -0.25) is 19.9 Å². The van der Waals surface area contributed by atoms with E-state index in [9.17, 15) is 14.7 Å². The van der Waals surface area contributed by atoms with Gasteiger partial charge in [0.25, 0.3) is 0 Å². The standard InChI is InChI=1S/C20H28Cl2N4O4S3/c1-20(2,17(28)29)33-19-25-24-18(32-19)31-11-16(27)23-8-13-10-26(5-6-30-13)9-12-3-4-14(21)15(22)7-12/h4,7,12-13,18,24H,3,5-6,8-11H2,1-2H3,(H,23,27)(H,28,29)/t12?,13-,18?/m0/s1. The molecule has 33 heavy (non-hydrogen) atoms. The third-order valence-electron chi connectivity index (χ3n) is 5.14. The molecule has 0 bridgehead atoms. The number of amides is 1. The van der Waals surface area contributed by atoms with E-state index in [1.165, 1.54) is 35.3 Å². The monoisotopic (exact) mass is 554 g/mol. The van der Waals surface area contributed by atoms with Gasteiger partial charge in [0.05, 0.1) is 28.5 Å². The van der Waals surface area contributed by atoms with Crippen molar-refractivity contribution in [1.82, 2.24) is 15.6 Å². The molecule has 1 aliphatic carbocycles. The molecule has 1 saturated heterocycles. The highest BCUT2D eigenvalue weighted by Crippen LogP contribution is 2.37. The fourth-order valence-corrected chi connectivity index (χ4v) is 7.29. The van der Waals surface area contributed by atoms with Crippen LogP contribution in [0.5, 0.6) is 0 Å². The summed E-state index contributed by atoms with van der Waals surface area (Å²) in [6.45, 7) is 6.84. The van der Waals surface area contributed by atoms with E-state index in [0.29, 0.717) is 33.5 Å². The number of rotatable bonds is 9. The molecule has 8 nitrogen and oxygen atoms in total. The van der Waals surface area contributed by atoms with Crippen LogP contribution < -0.4 is 10.7 Å². The van der Waals surface area contributed by atoms with Gasteiger partial charge in [-0.05, 0) is 26.2 Å². The molecule has 0 aromatic carbocycles. The second-order valence-corrected chi connectivity index (χ2v) is 13.5. The van der Waals surface area contributed by atoms with Crippen LogP contribution in [-0.4, -0.2) is 80.4 Å². The third kappa shape index (κ3) is 8.55. The van der Waals surface area contributed by atoms with Crippen molar-refractivity contribution in [3.05, 3.63) is 22.2 Å². The number of allylic oxidation sites excluding steroid dienone is 3. The zero-order valence-electron chi connectivity index (χ0n) is 18.4. The summed E-state index contributed by atoms with van der Waals surface area (Å²) >= 11 is 16.2. The summed E-state index contributed by atoms with van der Waals surface area (Å²) in [5, 5.41) is 17.6. The molecule has 3 aliphatic rings. The Labute approximate surface area is 216 Å². The van der Waals surface area contributed by atoms with Crippen molar-refractivity contribution in [2.24, 2.45) is 11.0 Å². The van der Waals surface area contributed by atoms with Gasteiger partial charge in [-0.2, -0.15) is 5.10 Å². The number of morpholine rings is 1. The van der Waals surface area contributed by atoms with Gasteiger partial charge in [0, 0.05) is 26.2 Å². The molecular formula is C20H28Cl2N4O4S3. The lowest BCUT2D eigenvalue weighted by atomic mass is 9.99. The van der Waals surface area contributed by atoms with Crippen LogP contribution in [0.15, 0.2) is 27.3 Å². The maximum absolute atomic E-state index is 12.3. The molecule has 2 unspecified atom stereocenters. The maximum Gasteiger partial charge on any atom is 0.319 e. The summed E-state index contributed by atoms with van der Waals surface area (Å²) in [4.78, 5) is 25.9. The number of ether oxygens (including phenoxy) is 1. The largest absolute Gasteiger partial charge is 0.480 e. The quantitative estimate of drug-likeness (QED) is 0.396. The molecule has 184 valence electrons. The fraction of sp³-hybridized carbons (Fsp3) is 0.650. The zero-order valence-corrected chi connectivity index (χ0v) is 22.3. The number of hydrazone groups is 1. The van der Waals surface area contributed by atoms with Crippen LogP contribution in [0.4, 0.5) is 0 Å². The van der Waals surface area contributed by atoms with Crippen LogP contribution >= 0.6 is 58.5 Å². The highest BCUT2D eigenvalue weighted by atomic mass is 35.5. The molecule has 0 aromatic rings. The summed E-state index contributed by atoms with van der Waals surface area (Å²) in [7, 11) is 0. The number of carbonyl (C=O) groups excluding carboxylic acids is 1. The number of thioether (sulfide) groups is 3. The SMILES string of the molecule is CC(C)(SC1=NNC(SCC(=O)NC[C@H]2CN(CC3C=C(Cl)C(Cl)=CC3)CCO2)S1)C(=O)O. The number of hydrogen-bond donors (Lipinski definition) is 3. The second-order valence-electron chi connectivity index (χ2n) is 8.30. The molecule has 3 rings (SSSR count). The molecule has 3 N–H and O–H groups in total.